The van der Waals surface area contributed by atoms with Crippen LogP contribution in [0.25, 0.3) is 0 Å². The van der Waals surface area contributed by atoms with E-state index in [9.17, 15) is 18.0 Å². The van der Waals surface area contributed by atoms with E-state index in [0.29, 0.717) is 19.7 Å². The average Bonchev–Trinajstić information content (AvgIpc) is 2.38. The fourth-order valence-corrected chi connectivity index (χ4v) is 2.19. The van der Waals surface area contributed by atoms with Crippen LogP contribution in [0.4, 0.5) is 13.2 Å². The largest absolute Gasteiger partial charge is 0.393 e. The van der Waals surface area contributed by atoms with Gasteiger partial charge in [-0.3, -0.25) is 4.79 Å². The number of ether oxygens (including phenoxy) is 1. The zero-order valence-electron chi connectivity index (χ0n) is 11.3. The van der Waals surface area contributed by atoms with Crippen molar-refractivity contribution in [3.63, 3.8) is 0 Å². The second kappa shape index (κ2) is 7.09. The number of piperidine rings is 1. The molecule has 0 spiro atoms. The topological polar surface area (TPSA) is 41.6 Å². The molecule has 1 aliphatic heterocycles. The molecule has 1 fully saturated rings. The van der Waals surface area contributed by atoms with Crippen molar-refractivity contribution in [3.8, 4) is 0 Å². The maximum atomic E-state index is 12.5. The molecule has 112 valence electrons. The molecule has 4 nitrogen and oxygen atoms in total. The summed E-state index contributed by atoms with van der Waals surface area (Å²) in [5.41, 5.74) is 0. The Morgan fingerprint density at radius 2 is 2.11 bits per heavy atom. The molecule has 0 aromatic rings. The number of likely N-dealkylation sites (N-methyl/N-ethyl adjacent to an activating group) is 1. The van der Waals surface area contributed by atoms with Gasteiger partial charge in [0.05, 0.1) is 18.6 Å². The minimum atomic E-state index is -4.18. The molecule has 0 aromatic heterocycles. The van der Waals surface area contributed by atoms with Gasteiger partial charge in [0.15, 0.2) is 0 Å². The Bertz CT molecular complexity index is 289. The molecule has 1 N–H and O–H groups in total. The summed E-state index contributed by atoms with van der Waals surface area (Å²) in [6.45, 7) is 3.09. The monoisotopic (exact) mass is 282 g/mol. The van der Waals surface area contributed by atoms with E-state index in [1.54, 1.807) is 12.0 Å². The third-order valence-corrected chi connectivity index (χ3v) is 3.43. The molecule has 7 heteroatoms. The van der Waals surface area contributed by atoms with Gasteiger partial charge in [0.2, 0.25) is 5.91 Å². The van der Waals surface area contributed by atoms with E-state index < -0.39 is 18.1 Å². The van der Waals surface area contributed by atoms with Crippen LogP contribution in [0.2, 0.25) is 0 Å². The fourth-order valence-electron chi connectivity index (χ4n) is 2.19. The van der Waals surface area contributed by atoms with Crippen molar-refractivity contribution in [2.45, 2.75) is 32.0 Å². The maximum Gasteiger partial charge on any atom is 0.393 e. The molecule has 0 bridgehead atoms. The number of nitrogens with one attached hydrogen (secondary N) is 1. The van der Waals surface area contributed by atoms with E-state index in [0.717, 1.165) is 0 Å². The van der Waals surface area contributed by atoms with Crippen LogP contribution in [0.5, 0.6) is 0 Å². The lowest BCUT2D eigenvalue weighted by atomic mass is 9.93. The molecule has 19 heavy (non-hydrogen) atoms. The first-order valence-electron chi connectivity index (χ1n) is 6.48. The van der Waals surface area contributed by atoms with Crippen LogP contribution in [0.3, 0.4) is 0 Å². The van der Waals surface area contributed by atoms with Crippen LogP contribution in [0.15, 0.2) is 0 Å². The summed E-state index contributed by atoms with van der Waals surface area (Å²) in [7, 11) is 1.55. The summed E-state index contributed by atoms with van der Waals surface area (Å²) in [6, 6.07) is -0.504. The van der Waals surface area contributed by atoms with Gasteiger partial charge >= 0.3 is 6.18 Å². The van der Waals surface area contributed by atoms with E-state index in [4.69, 9.17) is 4.74 Å². The van der Waals surface area contributed by atoms with Crippen molar-refractivity contribution >= 4 is 5.91 Å². The molecule has 0 aromatic carbocycles. The smallest absolute Gasteiger partial charge is 0.383 e. The van der Waals surface area contributed by atoms with E-state index in [1.807, 2.05) is 6.92 Å². The van der Waals surface area contributed by atoms with Gasteiger partial charge in [-0.2, -0.15) is 13.2 Å². The van der Waals surface area contributed by atoms with Crippen molar-refractivity contribution in [3.05, 3.63) is 0 Å². The molecule has 0 aliphatic carbocycles. The summed E-state index contributed by atoms with van der Waals surface area (Å²) >= 11 is 0. The number of carbonyl (C=O) groups is 1. The standard InChI is InChI=1S/C12H21F3N2O2/c1-3-17(6-7-19-2)11(18)10-5-4-9(8-16-10)12(13,14)15/h9-10,16H,3-8H2,1-2H3. The lowest BCUT2D eigenvalue weighted by Crippen LogP contribution is -2.52. The van der Waals surface area contributed by atoms with Crippen LogP contribution in [-0.4, -0.2) is 56.4 Å². The lowest BCUT2D eigenvalue weighted by molar-refractivity contribution is -0.180. The molecule has 1 aliphatic rings. The van der Waals surface area contributed by atoms with Crippen molar-refractivity contribution in [1.82, 2.24) is 10.2 Å². The molecule has 1 amide bonds. The van der Waals surface area contributed by atoms with Crippen molar-refractivity contribution in [2.75, 3.05) is 33.4 Å². The second-order valence-corrected chi connectivity index (χ2v) is 4.69. The predicted octanol–water partition coefficient (Wildman–Crippen LogP) is 1.41. The van der Waals surface area contributed by atoms with E-state index >= 15 is 0 Å². The van der Waals surface area contributed by atoms with Gasteiger partial charge in [-0.05, 0) is 19.8 Å². The quantitative estimate of drug-likeness (QED) is 0.829. The Morgan fingerprint density at radius 1 is 1.42 bits per heavy atom. The van der Waals surface area contributed by atoms with Gasteiger partial charge < -0.3 is 15.0 Å². The third-order valence-electron chi connectivity index (χ3n) is 3.43. The number of nitrogens with zero attached hydrogens (tertiary/aromatic N) is 1. The lowest BCUT2D eigenvalue weighted by Gasteiger charge is -2.33. The van der Waals surface area contributed by atoms with Gasteiger partial charge in [0.1, 0.15) is 0 Å². The minimum absolute atomic E-state index is 0.00867. The highest BCUT2D eigenvalue weighted by atomic mass is 19.4. The van der Waals surface area contributed by atoms with Gasteiger partial charge in [-0.1, -0.05) is 0 Å². The van der Waals surface area contributed by atoms with Crippen LogP contribution in [-0.2, 0) is 9.53 Å². The van der Waals surface area contributed by atoms with Gasteiger partial charge in [-0.25, -0.2) is 0 Å². The first-order valence-corrected chi connectivity index (χ1v) is 6.48. The van der Waals surface area contributed by atoms with E-state index in [2.05, 4.69) is 5.32 Å². The Hall–Kier alpha value is -0.820. The highest BCUT2D eigenvalue weighted by molar-refractivity contribution is 5.82. The predicted molar refractivity (Wildman–Crippen MR) is 64.7 cm³/mol. The number of rotatable bonds is 5. The van der Waals surface area contributed by atoms with Crippen molar-refractivity contribution in [1.29, 1.82) is 0 Å². The van der Waals surface area contributed by atoms with E-state index in [1.165, 1.54) is 0 Å². The highest BCUT2D eigenvalue weighted by Gasteiger charge is 2.42. The normalized spacial score (nSPS) is 24.3. The molecular weight excluding hydrogens is 261 g/mol. The molecule has 0 saturated carbocycles. The number of carbonyl (C=O) groups excluding carboxylic acids is 1. The molecule has 1 saturated heterocycles. The van der Waals surface area contributed by atoms with E-state index in [-0.39, 0.29) is 25.3 Å². The zero-order valence-corrected chi connectivity index (χ0v) is 11.3. The van der Waals surface area contributed by atoms with Crippen molar-refractivity contribution < 1.29 is 22.7 Å². The number of halogens is 3. The number of methoxy groups -OCH3 is 1. The first-order chi connectivity index (χ1) is 8.90. The summed E-state index contributed by atoms with van der Waals surface area (Å²) in [5, 5.41) is 2.71. The average molecular weight is 282 g/mol. The fraction of sp³-hybridized carbons (Fsp3) is 0.917. The summed E-state index contributed by atoms with van der Waals surface area (Å²) in [5.74, 6) is -1.48. The minimum Gasteiger partial charge on any atom is -0.383 e. The molecule has 2 atom stereocenters. The molecular formula is C12H21F3N2O2. The van der Waals surface area contributed by atoms with Crippen LogP contribution < -0.4 is 5.32 Å². The Morgan fingerprint density at radius 3 is 2.53 bits per heavy atom. The Labute approximate surface area is 111 Å². The summed E-state index contributed by atoms with van der Waals surface area (Å²) in [4.78, 5) is 13.7. The first kappa shape index (κ1) is 16.2. The SMILES string of the molecule is CCN(CCOC)C(=O)C1CCC(C(F)(F)F)CN1. The van der Waals surface area contributed by atoms with Crippen molar-refractivity contribution in [2.24, 2.45) is 5.92 Å². The molecule has 1 rings (SSSR count). The Balaban J connectivity index is 2.47. The molecule has 1 heterocycles. The number of amides is 1. The summed E-state index contributed by atoms with van der Waals surface area (Å²) in [6.07, 6.45) is -3.94. The number of hydrogen-bond donors (Lipinski definition) is 1. The van der Waals surface area contributed by atoms with Crippen LogP contribution in [0.1, 0.15) is 19.8 Å². The highest BCUT2D eigenvalue weighted by Crippen LogP contribution is 2.32. The van der Waals surface area contributed by atoms with Gasteiger partial charge in [-0.15, -0.1) is 0 Å². The third kappa shape index (κ3) is 4.65. The zero-order chi connectivity index (χ0) is 14.5. The summed E-state index contributed by atoms with van der Waals surface area (Å²) < 4.78 is 42.4. The van der Waals surface area contributed by atoms with Crippen LogP contribution >= 0.6 is 0 Å². The molecule has 2 unspecified atom stereocenters. The van der Waals surface area contributed by atoms with Gasteiger partial charge in [0, 0.05) is 26.7 Å². The molecule has 0 radical (unpaired) electrons. The number of hydrogen-bond acceptors (Lipinski definition) is 3. The Kier molecular flexibility index (Phi) is 6.06. The van der Waals surface area contributed by atoms with Gasteiger partial charge in [0.25, 0.3) is 0 Å². The van der Waals surface area contributed by atoms with Crippen LogP contribution in [0, 0.1) is 5.92 Å². The second-order valence-electron chi connectivity index (χ2n) is 4.69. The maximum absolute atomic E-state index is 12.5. The number of alkyl halides is 3.